The number of carbonyl (C=O) groups excluding carboxylic acids is 1. The predicted octanol–water partition coefficient (Wildman–Crippen LogP) is 4.76. The maximum absolute atomic E-state index is 12.0. The first-order chi connectivity index (χ1) is 12.7. The molecule has 2 rings (SSSR count). The molecule has 2 aromatic rings. The molecule has 3 N–H and O–H groups in total. The molecule has 10 heteroatoms. The summed E-state index contributed by atoms with van der Waals surface area (Å²) < 4.78 is 7.14. The molecule has 0 fully saturated rings. The molecule has 27 heavy (non-hydrogen) atoms. The molecule has 0 spiro atoms. The third-order valence-corrected chi connectivity index (χ3v) is 4.83. The number of halogens is 3. The van der Waals surface area contributed by atoms with Gasteiger partial charge in [0.15, 0.2) is 11.7 Å². The van der Waals surface area contributed by atoms with Crippen LogP contribution in [0.4, 0.5) is 5.69 Å². The topological polar surface area (TPSA) is 87.7 Å². The molecular formula is C17H13Br2ClN2O4S. The lowest BCUT2D eigenvalue weighted by Crippen LogP contribution is -2.37. The van der Waals surface area contributed by atoms with Gasteiger partial charge in [-0.05, 0) is 71.0 Å². The molecule has 0 aliphatic rings. The van der Waals surface area contributed by atoms with E-state index in [-0.39, 0.29) is 22.3 Å². The summed E-state index contributed by atoms with van der Waals surface area (Å²) in [6.45, 7) is 1.61. The number of hydrogen-bond acceptors (Lipinski definition) is 4. The molecule has 0 aromatic heterocycles. The molecule has 6 nitrogen and oxygen atoms in total. The summed E-state index contributed by atoms with van der Waals surface area (Å²) in [5.41, 5.74) is 1.16. The van der Waals surface area contributed by atoms with Crippen LogP contribution in [0.3, 0.4) is 0 Å². The van der Waals surface area contributed by atoms with Gasteiger partial charge in [0.05, 0.1) is 15.1 Å². The van der Waals surface area contributed by atoms with Gasteiger partial charge in [0.25, 0.3) is 5.91 Å². The molecule has 0 atom stereocenters. The summed E-state index contributed by atoms with van der Waals surface area (Å²) >= 11 is 17.6. The van der Waals surface area contributed by atoms with Gasteiger partial charge in [0.2, 0.25) is 0 Å². The number of hydrogen-bond donors (Lipinski definition) is 3. The summed E-state index contributed by atoms with van der Waals surface area (Å²) in [5, 5.41) is 14.4. The highest BCUT2D eigenvalue weighted by atomic mass is 79.9. The van der Waals surface area contributed by atoms with Crippen LogP contribution in [0.25, 0.3) is 0 Å². The smallest absolute Gasteiger partial charge is 0.337 e. The number of amides is 1. The number of aryl methyl sites for hydroxylation is 1. The van der Waals surface area contributed by atoms with Crippen molar-refractivity contribution in [2.75, 3.05) is 11.9 Å². The molecule has 1 amide bonds. The van der Waals surface area contributed by atoms with E-state index in [1.54, 1.807) is 6.07 Å². The number of nitrogens with one attached hydrogen (secondary N) is 2. The van der Waals surface area contributed by atoms with E-state index >= 15 is 0 Å². The Balaban J connectivity index is 1.94. The highest BCUT2D eigenvalue weighted by molar-refractivity contribution is 9.11. The molecule has 0 heterocycles. The number of carboxylic acid groups (broad SMARTS) is 1. The van der Waals surface area contributed by atoms with Gasteiger partial charge in [0, 0.05) is 10.2 Å². The van der Waals surface area contributed by atoms with E-state index in [2.05, 4.69) is 42.5 Å². The minimum Gasteiger partial charge on any atom is -0.482 e. The number of aromatic carboxylic acids is 1. The molecule has 0 saturated carbocycles. The van der Waals surface area contributed by atoms with E-state index in [0.717, 1.165) is 10.0 Å². The first-order valence-corrected chi connectivity index (χ1v) is 9.76. The fourth-order valence-electron chi connectivity index (χ4n) is 2.10. The molecule has 0 aliphatic heterocycles. The maximum atomic E-state index is 12.0. The summed E-state index contributed by atoms with van der Waals surface area (Å²) in [6, 6.07) is 7.97. The van der Waals surface area contributed by atoms with Gasteiger partial charge >= 0.3 is 5.97 Å². The first kappa shape index (κ1) is 21.6. The predicted molar refractivity (Wildman–Crippen MR) is 115 cm³/mol. The Kier molecular flexibility index (Phi) is 7.60. The van der Waals surface area contributed by atoms with Crippen LogP contribution < -0.4 is 15.4 Å². The molecule has 0 saturated heterocycles. The van der Waals surface area contributed by atoms with Gasteiger partial charge in [-0.25, -0.2) is 4.79 Å². The maximum Gasteiger partial charge on any atom is 0.337 e. The average molecular weight is 537 g/mol. The van der Waals surface area contributed by atoms with Crippen LogP contribution in [0.5, 0.6) is 5.75 Å². The van der Waals surface area contributed by atoms with Crippen molar-refractivity contribution < 1.29 is 19.4 Å². The van der Waals surface area contributed by atoms with Crippen LogP contribution in [0.2, 0.25) is 5.02 Å². The molecule has 0 bridgehead atoms. The molecule has 2 aromatic carbocycles. The molecule has 0 aliphatic carbocycles. The Morgan fingerprint density at radius 1 is 1.26 bits per heavy atom. The Hall–Kier alpha value is -1.68. The van der Waals surface area contributed by atoms with Crippen LogP contribution in [0.1, 0.15) is 15.9 Å². The number of thiocarbonyl (C=S) groups is 1. The van der Waals surface area contributed by atoms with Crippen molar-refractivity contribution in [1.29, 1.82) is 0 Å². The zero-order valence-corrected chi connectivity index (χ0v) is 18.6. The van der Waals surface area contributed by atoms with E-state index in [0.29, 0.717) is 15.9 Å². The lowest BCUT2D eigenvalue weighted by molar-refractivity contribution is -0.121. The third kappa shape index (κ3) is 6.17. The molecule has 0 radical (unpaired) electrons. The summed E-state index contributed by atoms with van der Waals surface area (Å²) in [6.07, 6.45) is 0. The van der Waals surface area contributed by atoms with E-state index in [4.69, 9.17) is 33.7 Å². The second kappa shape index (κ2) is 9.50. The number of benzene rings is 2. The monoisotopic (exact) mass is 534 g/mol. The first-order valence-electron chi connectivity index (χ1n) is 7.39. The van der Waals surface area contributed by atoms with Crippen LogP contribution in [0, 0.1) is 6.92 Å². The standard InChI is InChI=1S/C17H13Br2ClN2O4S/c1-8-4-9(18)5-12(19)15(8)26-7-14(23)22-17(27)21-10-2-3-13(20)11(6-10)16(24)25/h2-6H,7H2,1H3,(H,24,25)(H2,21,22,23,27). The number of ether oxygens (including phenoxy) is 1. The van der Waals surface area contributed by atoms with E-state index < -0.39 is 11.9 Å². The zero-order valence-electron chi connectivity index (χ0n) is 13.8. The van der Waals surface area contributed by atoms with Crippen molar-refractivity contribution in [3.8, 4) is 5.75 Å². The minimum absolute atomic E-state index is 0.00820. The second-order valence-electron chi connectivity index (χ2n) is 5.32. The largest absolute Gasteiger partial charge is 0.482 e. The highest BCUT2D eigenvalue weighted by Gasteiger charge is 2.13. The minimum atomic E-state index is -1.16. The van der Waals surface area contributed by atoms with E-state index in [1.807, 2.05) is 19.1 Å². The van der Waals surface area contributed by atoms with Crippen molar-refractivity contribution in [3.63, 3.8) is 0 Å². The second-order valence-corrected chi connectivity index (χ2v) is 7.91. The number of carboxylic acids is 1. The number of rotatable bonds is 5. The Morgan fingerprint density at radius 2 is 1.96 bits per heavy atom. The normalized spacial score (nSPS) is 10.2. The lowest BCUT2D eigenvalue weighted by Gasteiger charge is -2.13. The van der Waals surface area contributed by atoms with Gasteiger partial charge in [-0.2, -0.15) is 0 Å². The van der Waals surface area contributed by atoms with Crippen LogP contribution in [0.15, 0.2) is 39.3 Å². The van der Waals surface area contributed by atoms with E-state index in [9.17, 15) is 9.59 Å². The van der Waals surface area contributed by atoms with Gasteiger partial charge in [-0.3, -0.25) is 10.1 Å². The van der Waals surface area contributed by atoms with Crippen molar-refractivity contribution in [2.45, 2.75) is 6.92 Å². The Morgan fingerprint density at radius 3 is 2.59 bits per heavy atom. The van der Waals surface area contributed by atoms with Gasteiger partial charge in [0.1, 0.15) is 5.75 Å². The Labute approximate surface area is 182 Å². The van der Waals surface area contributed by atoms with E-state index in [1.165, 1.54) is 12.1 Å². The Bertz CT molecular complexity index is 901. The van der Waals surface area contributed by atoms with Gasteiger partial charge < -0.3 is 15.2 Å². The van der Waals surface area contributed by atoms with Crippen LogP contribution in [-0.2, 0) is 4.79 Å². The summed E-state index contributed by atoms with van der Waals surface area (Å²) in [5.74, 6) is -1.08. The van der Waals surface area contributed by atoms with Gasteiger partial charge in [-0.15, -0.1) is 0 Å². The number of carbonyl (C=O) groups is 2. The van der Waals surface area contributed by atoms with Crippen molar-refractivity contribution in [1.82, 2.24) is 5.32 Å². The zero-order chi connectivity index (χ0) is 20.1. The fraction of sp³-hybridized carbons (Fsp3) is 0.118. The SMILES string of the molecule is Cc1cc(Br)cc(Br)c1OCC(=O)NC(=S)Nc1ccc(Cl)c(C(=O)O)c1. The highest BCUT2D eigenvalue weighted by Crippen LogP contribution is 2.32. The summed E-state index contributed by atoms with van der Waals surface area (Å²) in [7, 11) is 0. The van der Waals surface area contributed by atoms with Crippen LogP contribution in [-0.4, -0.2) is 28.7 Å². The van der Waals surface area contributed by atoms with Crippen LogP contribution >= 0.6 is 55.7 Å². The quantitative estimate of drug-likeness (QED) is 0.478. The van der Waals surface area contributed by atoms with Crippen molar-refractivity contribution >= 4 is 78.4 Å². The van der Waals surface area contributed by atoms with Crippen molar-refractivity contribution in [3.05, 3.63) is 55.4 Å². The van der Waals surface area contributed by atoms with Gasteiger partial charge in [-0.1, -0.05) is 27.5 Å². The molecule has 0 unspecified atom stereocenters. The molecular weight excluding hydrogens is 524 g/mol. The fourth-order valence-corrected chi connectivity index (χ4v) is 4.08. The lowest BCUT2D eigenvalue weighted by atomic mass is 10.2. The molecule has 142 valence electrons. The summed E-state index contributed by atoms with van der Waals surface area (Å²) in [4.78, 5) is 23.1. The van der Waals surface area contributed by atoms with Crippen molar-refractivity contribution in [2.24, 2.45) is 0 Å². The average Bonchev–Trinajstić information content (AvgIpc) is 2.55. The number of anilines is 1. The third-order valence-electron chi connectivity index (χ3n) is 3.25.